The molecule has 6 nitrogen and oxygen atoms in total. The summed E-state index contributed by atoms with van der Waals surface area (Å²) < 4.78 is 3.91. The van der Waals surface area contributed by atoms with Crippen LogP contribution in [0.25, 0.3) is 0 Å². The van der Waals surface area contributed by atoms with Crippen molar-refractivity contribution in [1.29, 1.82) is 0 Å². The second kappa shape index (κ2) is 9.64. The van der Waals surface area contributed by atoms with E-state index >= 15 is 0 Å². The smallest absolute Gasteiger partial charge is 0.264 e. The van der Waals surface area contributed by atoms with Crippen LogP contribution in [-0.2, 0) is 6.42 Å². The van der Waals surface area contributed by atoms with Crippen LogP contribution < -0.4 is 10.2 Å². The first-order valence-corrected chi connectivity index (χ1v) is 10.2. The molecule has 0 radical (unpaired) electrons. The molecular formula is C19H27N5OS. The maximum absolute atomic E-state index is 12.3. The molecule has 1 aromatic heterocycles. The Hall–Kier alpha value is -1.99. The van der Waals surface area contributed by atoms with Crippen LogP contribution in [0.4, 0.5) is 5.69 Å². The van der Waals surface area contributed by atoms with Crippen LogP contribution >= 0.6 is 11.5 Å². The first kappa shape index (κ1) is 18.8. The number of carbonyl (C=O) groups excluding carboxylic acids is 1. The minimum Gasteiger partial charge on any atom is -0.369 e. The van der Waals surface area contributed by atoms with Crippen LogP contribution in [0.15, 0.2) is 30.3 Å². The number of para-hydroxylation sites is 1. The molecule has 2 aromatic rings. The minimum atomic E-state index is -0.0302. The monoisotopic (exact) mass is 373 g/mol. The van der Waals surface area contributed by atoms with Gasteiger partial charge >= 0.3 is 0 Å². The molecular weight excluding hydrogens is 346 g/mol. The number of rotatable bonds is 8. The third kappa shape index (κ3) is 5.02. The number of anilines is 1. The van der Waals surface area contributed by atoms with Gasteiger partial charge in [-0.2, -0.15) is 0 Å². The van der Waals surface area contributed by atoms with Gasteiger partial charge in [-0.15, -0.1) is 5.10 Å². The number of amides is 1. The van der Waals surface area contributed by atoms with Crippen molar-refractivity contribution in [3.63, 3.8) is 0 Å². The molecule has 0 aliphatic carbocycles. The second-order valence-corrected chi connectivity index (χ2v) is 7.33. The van der Waals surface area contributed by atoms with E-state index in [2.05, 4.69) is 62.0 Å². The van der Waals surface area contributed by atoms with Gasteiger partial charge in [-0.05, 0) is 43.1 Å². The van der Waals surface area contributed by atoms with Gasteiger partial charge in [0.05, 0.1) is 5.69 Å². The highest BCUT2D eigenvalue weighted by Gasteiger charge is 2.17. The van der Waals surface area contributed by atoms with Crippen molar-refractivity contribution in [2.24, 2.45) is 0 Å². The van der Waals surface area contributed by atoms with Crippen molar-refractivity contribution < 1.29 is 4.79 Å². The third-order valence-corrected chi connectivity index (χ3v) is 5.45. The van der Waals surface area contributed by atoms with Crippen LogP contribution in [0.1, 0.15) is 35.1 Å². The van der Waals surface area contributed by atoms with E-state index < -0.39 is 0 Å². The molecule has 0 bridgehead atoms. The van der Waals surface area contributed by atoms with Crippen LogP contribution in [0, 0.1) is 0 Å². The number of carbonyl (C=O) groups is 1. The number of nitrogens with zero attached hydrogens (tertiary/aromatic N) is 4. The standard InChI is InChI=1S/C19H27N5OS/c1-2-7-17-18(26-22-21-17)19(25)20-10-6-11-23-12-14-24(15-13-23)16-8-4-3-5-9-16/h3-5,8-9H,2,6-7,10-15H2,1H3,(H,20,25). The minimum absolute atomic E-state index is 0.0302. The fraction of sp³-hybridized carbons (Fsp3) is 0.526. The summed E-state index contributed by atoms with van der Waals surface area (Å²) in [6, 6.07) is 10.6. The summed E-state index contributed by atoms with van der Waals surface area (Å²) in [5.74, 6) is -0.0302. The van der Waals surface area contributed by atoms with E-state index in [0.717, 1.165) is 57.7 Å². The highest BCUT2D eigenvalue weighted by atomic mass is 32.1. The van der Waals surface area contributed by atoms with Gasteiger partial charge in [-0.3, -0.25) is 9.69 Å². The fourth-order valence-corrected chi connectivity index (χ4v) is 3.86. The summed E-state index contributed by atoms with van der Waals surface area (Å²) in [5.41, 5.74) is 2.13. The Balaban J connectivity index is 1.34. The average molecular weight is 374 g/mol. The lowest BCUT2D eigenvalue weighted by Crippen LogP contribution is -2.47. The molecule has 26 heavy (non-hydrogen) atoms. The molecule has 1 aromatic carbocycles. The normalized spacial score (nSPS) is 15.2. The molecule has 1 aliphatic rings. The predicted molar refractivity (Wildman–Crippen MR) is 106 cm³/mol. The van der Waals surface area contributed by atoms with Gasteiger partial charge in [-0.1, -0.05) is 36.0 Å². The molecule has 1 saturated heterocycles. The Kier molecular flexibility index (Phi) is 6.96. The van der Waals surface area contributed by atoms with Crippen molar-refractivity contribution in [2.75, 3.05) is 44.2 Å². The fourth-order valence-electron chi connectivity index (χ4n) is 3.23. The quantitative estimate of drug-likeness (QED) is 0.720. The van der Waals surface area contributed by atoms with E-state index in [1.807, 2.05) is 0 Å². The lowest BCUT2D eigenvalue weighted by molar-refractivity contribution is 0.0954. The van der Waals surface area contributed by atoms with Gasteiger partial charge in [0.25, 0.3) is 5.91 Å². The second-order valence-electron chi connectivity index (χ2n) is 6.57. The Morgan fingerprint density at radius 2 is 1.96 bits per heavy atom. The Morgan fingerprint density at radius 3 is 2.69 bits per heavy atom. The zero-order valence-electron chi connectivity index (χ0n) is 15.4. The molecule has 0 saturated carbocycles. The van der Waals surface area contributed by atoms with E-state index in [0.29, 0.717) is 11.4 Å². The molecule has 0 unspecified atom stereocenters. The van der Waals surface area contributed by atoms with E-state index in [1.54, 1.807) is 0 Å². The van der Waals surface area contributed by atoms with Crippen molar-refractivity contribution in [1.82, 2.24) is 19.8 Å². The topological polar surface area (TPSA) is 61.4 Å². The van der Waals surface area contributed by atoms with Gasteiger partial charge in [0.1, 0.15) is 4.88 Å². The van der Waals surface area contributed by atoms with Gasteiger partial charge in [0, 0.05) is 38.4 Å². The number of aromatic nitrogens is 2. The summed E-state index contributed by atoms with van der Waals surface area (Å²) in [6.07, 6.45) is 2.75. The number of nitrogens with one attached hydrogen (secondary N) is 1. The van der Waals surface area contributed by atoms with Crippen molar-refractivity contribution >= 4 is 23.1 Å². The number of aryl methyl sites for hydroxylation is 1. The largest absolute Gasteiger partial charge is 0.369 e. The lowest BCUT2D eigenvalue weighted by atomic mass is 10.2. The summed E-state index contributed by atoms with van der Waals surface area (Å²) >= 11 is 1.19. The SMILES string of the molecule is CCCc1nnsc1C(=O)NCCCN1CCN(c2ccccc2)CC1. The summed E-state index contributed by atoms with van der Waals surface area (Å²) in [6.45, 7) is 8.06. The lowest BCUT2D eigenvalue weighted by Gasteiger charge is -2.36. The molecule has 1 fully saturated rings. The van der Waals surface area contributed by atoms with Crippen molar-refractivity contribution in [3.05, 3.63) is 40.9 Å². The highest BCUT2D eigenvalue weighted by Crippen LogP contribution is 2.15. The number of benzene rings is 1. The molecule has 1 aliphatic heterocycles. The average Bonchev–Trinajstić information content (AvgIpc) is 3.15. The molecule has 3 rings (SSSR count). The molecule has 0 atom stereocenters. The zero-order valence-corrected chi connectivity index (χ0v) is 16.2. The van der Waals surface area contributed by atoms with E-state index in [1.165, 1.54) is 17.2 Å². The molecule has 1 amide bonds. The number of hydrogen-bond donors (Lipinski definition) is 1. The van der Waals surface area contributed by atoms with Gasteiger partial charge < -0.3 is 10.2 Å². The highest BCUT2D eigenvalue weighted by molar-refractivity contribution is 7.08. The van der Waals surface area contributed by atoms with Gasteiger partial charge in [0.15, 0.2) is 0 Å². The Morgan fingerprint density at radius 1 is 1.19 bits per heavy atom. The molecule has 1 N–H and O–H groups in total. The Labute approximate surface area is 159 Å². The molecule has 2 heterocycles. The molecule has 0 spiro atoms. The van der Waals surface area contributed by atoms with Crippen LogP contribution in [0.5, 0.6) is 0 Å². The van der Waals surface area contributed by atoms with Crippen LogP contribution in [0.3, 0.4) is 0 Å². The summed E-state index contributed by atoms with van der Waals surface area (Å²) in [4.78, 5) is 17.8. The number of hydrogen-bond acceptors (Lipinski definition) is 6. The third-order valence-electron chi connectivity index (χ3n) is 4.68. The predicted octanol–water partition coefficient (Wildman–Crippen LogP) is 2.43. The van der Waals surface area contributed by atoms with Gasteiger partial charge in [-0.25, -0.2) is 0 Å². The zero-order chi connectivity index (χ0) is 18.2. The Bertz CT molecular complexity index is 682. The summed E-state index contributed by atoms with van der Waals surface area (Å²) in [5, 5.41) is 7.07. The van der Waals surface area contributed by atoms with Crippen LogP contribution in [-0.4, -0.2) is 59.7 Å². The first-order chi connectivity index (χ1) is 12.8. The van der Waals surface area contributed by atoms with Crippen molar-refractivity contribution in [3.8, 4) is 0 Å². The van der Waals surface area contributed by atoms with E-state index in [9.17, 15) is 4.79 Å². The van der Waals surface area contributed by atoms with E-state index in [-0.39, 0.29) is 5.91 Å². The summed E-state index contributed by atoms with van der Waals surface area (Å²) in [7, 11) is 0. The molecule has 140 valence electrons. The maximum Gasteiger partial charge on any atom is 0.264 e. The number of piperazine rings is 1. The van der Waals surface area contributed by atoms with Crippen LogP contribution in [0.2, 0.25) is 0 Å². The van der Waals surface area contributed by atoms with Gasteiger partial charge in [0.2, 0.25) is 0 Å². The van der Waals surface area contributed by atoms with Crippen molar-refractivity contribution in [2.45, 2.75) is 26.2 Å². The first-order valence-electron chi connectivity index (χ1n) is 9.39. The van der Waals surface area contributed by atoms with E-state index in [4.69, 9.17) is 0 Å². The maximum atomic E-state index is 12.3. The molecule has 7 heteroatoms.